The molecular formula is C12H15ClINO. The Morgan fingerprint density at radius 1 is 1.56 bits per heavy atom. The van der Waals surface area contributed by atoms with Gasteiger partial charge in [-0.1, -0.05) is 24.9 Å². The summed E-state index contributed by atoms with van der Waals surface area (Å²) in [6.45, 7) is 4.11. The molecule has 1 aromatic rings. The first-order chi connectivity index (χ1) is 7.54. The fourth-order valence-corrected chi connectivity index (χ4v) is 1.97. The third-order valence-electron chi connectivity index (χ3n) is 2.28. The van der Waals surface area contributed by atoms with Gasteiger partial charge in [0, 0.05) is 15.2 Å². The Labute approximate surface area is 115 Å². The van der Waals surface area contributed by atoms with E-state index in [0.29, 0.717) is 10.6 Å². The average molecular weight is 352 g/mol. The second-order valence-electron chi connectivity index (χ2n) is 3.79. The quantitative estimate of drug-likeness (QED) is 0.820. The molecule has 2 nitrogen and oxygen atoms in total. The van der Waals surface area contributed by atoms with Gasteiger partial charge in [0.1, 0.15) is 0 Å². The fraction of sp³-hybridized carbons (Fsp3) is 0.417. The van der Waals surface area contributed by atoms with Gasteiger partial charge in [-0.15, -0.1) is 0 Å². The highest BCUT2D eigenvalue weighted by molar-refractivity contribution is 14.1. The summed E-state index contributed by atoms with van der Waals surface area (Å²) < 4.78 is 0.956. The molecule has 1 unspecified atom stereocenters. The molecule has 0 heterocycles. The maximum atomic E-state index is 11.8. The number of hydrogen-bond acceptors (Lipinski definition) is 1. The molecule has 0 radical (unpaired) electrons. The number of hydrogen-bond donors (Lipinski definition) is 1. The fourth-order valence-electron chi connectivity index (χ4n) is 1.45. The van der Waals surface area contributed by atoms with E-state index in [9.17, 15) is 4.79 Å². The number of halogens is 2. The number of rotatable bonds is 4. The molecule has 88 valence electrons. The zero-order valence-corrected chi connectivity index (χ0v) is 12.3. The maximum Gasteiger partial charge on any atom is 0.251 e. The van der Waals surface area contributed by atoms with Gasteiger partial charge in [-0.05, 0) is 54.1 Å². The molecule has 1 aromatic carbocycles. The third kappa shape index (κ3) is 3.94. The zero-order valence-electron chi connectivity index (χ0n) is 9.39. The van der Waals surface area contributed by atoms with Crippen molar-refractivity contribution in [2.45, 2.75) is 32.7 Å². The Kier molecular flexibility index (Phi) is 5.55. The lowest BCUT2D eigenvalue weighted by atomic mass is 10.1. The van der Waals surface area contributed by atoms with Crippen molar-refractivity contribution in [3.63, 3.8) is 0 Å². The van der Waals surface area contributed by atoms with Gasteiger partial charge in [0.2, 0.25) is 0 Å². The van der Waals surface area contributed by atoms with Crippen LogP contribution in [0, 0.1) is 3.57 Å². The largest absolute Gasteiger partial charge is 0.350 e. The van der Waals surface area contributed by atoms with Crippen molar-refractivity contribution in [2.75, 3.05) is 0 Å². The molecule has 4 heteroatoms. The molecule has 1 atom stereocenters. The number of carbonyl (C=O) groups is 1. The first kappa shape index (κ1) is 13.8. The van der Waals surface area contributed by atoms with Gasteiger partial charge in [0.05, 0.1) is 5.02 Å². The van der Waals surface area contributed by atoms with Crippen LogP contribution in [0.4, 0.5) is 0 Å². The predicted molar refractivity (Wildman–Crippen MR) is 76.0 cm³/mol. The number of carbonyl (C=O) groups excluding carboxylic acids is 1. The summed E-state index contributed by atoms with van der Waals surface area (Å²) >= 11 is 8.11. The number of nitrogens with one attached hydrogen (secondary N) is 1. The summed E-state index contributed by atoms with van der Waals surface area (Å²) in [6, 6.07) is 5.55. The normalized spacial score (nSPS) is 12.2. The van der Waals surface area contributed by atoms with E-state index >= 15 is 0 Å². The van der Waals surface area contributed by atoms with E-state index in [1.165, 1.54) is 0 Å². The topological polar surface area (TPSA) is 29.1 Å². The first-order valence-electron chi connectivity index (χ1n) is 5.30. The van der Waals surface area contributed by atoms with E-state index in [4.69, 9.17) is 11.6 Å². The summed E-state index contributed by atoms with van der Waals surface area (Å²) in [7, 11) is 0. The lowest BCUT2D eigenvalue weighted by molar-refractivity contribution is 0.0938. The first-order valence-corrected chi connectivity index (χ1v) is 6.76. The highest BCUT2D eigenvalue weighted by Gasteiger charge is 2.10. The molecule has 1 amide bonds. The Hall–Kier alpha value is -0.290. The van der Waals surface area contributed by atoms with Gasteiger partial charge in [-0.2, -0.15) is 0 Å². The Morgan fingerprint density at radius 2 is 2.25 bits per heavy atom. The van der Waals surface area contributed by atoms with Crippen molar-refractivity contribution in [1.82, 2.24) is 5.32 Å². The molecule has 0 aromatic heterocycles. The van der Waals surface area contributed by atoms with E-state index in [-0.39, 0.29) is 11.9 Å². The van der Waals surface area contributed by atoms with Crippen LogP contribution in [-0.2, 0) is 0 Å². The molecule has 0 aliphatic heterocycles. The van der Waals surface area contributed by atoms with Gasteiger partial charge in [-0.25, -0.2) is 0 Å². The van der Waals surface area contributed by atoms with Crippen molar-refractivity contribution < 1.29 is 4.79 Å². The molecule has 16 heavy (non-hydrogen) atoms. The summed E-state index contributed by atoms with van der Waals surface area (Å²) in [5, 5.41) is 3.57. The lowest BCUT2D eigenvalue weighted by Gasteiger charge is -2.12. The standard InChI is InChI=1S/C12H15ClINO/c1-3-4-8(2)15-12(16)9-5-6-11(14)10(13)7-9/h5-8H,3-4H2,1-2H3,(H,15,16). The van der Waals surface area contributed by atoms with Gasteiger partial charge >= 0.3 is 0 Å². The van der Waals surface area contributed by atoms with Crippen LogP contribution in [0.3, 0.4) is 0 Å². The van der Waals surface area contributed by atoms with E-state index < -0.39 is 0 Å². The Bertz CT molecular complexity index is 381. The molecule has 0 aliphatic rings. The monoisotopic (exact) mass is 351 g/mol. The van der Waals surface area contributed by atoms with Crippen LogP contribution < -0.4 is 5.32 Å². The molecule has 0 saturated carbocycles. The Morgan fingerprint density at radius 3 is 2.81 bits per heavy atom. The molecule has 1 N–H and O–H groups in total. The molecule has 0 saturated heterocycles. The number of amides is 1. The van der Waals surface area contributed by atoms with Gasteiger partial charge in [0.25, 0.3) is 5.91 Å². The summed E-state index contributed by atoms with van der Waals surface area (Å²) in [5.41, 5.74) is 0.619. The lowest BCUT2D eigenvalue weighted by Crippen LogP contribution is -2.32. The molecule has 0 aliphatic carbocycles. The van der Waals surface area contributed by atoms with Crippen molar-refractivity contribution >= 4 is 40.1 Å². The summed E-state index contributed by atoms with van der Waals surface area (Å²) in [6.07, 6.45) is 2.05. The summed E-state index contributed by atoms with van der Waals surface area (Å²) in [5.74, 6) is -0.0562. The van der Waals surface area contributed by atoms with E-state index in [0.717, 1.165) is 16.4 Å². The van der Waals surface area contributed by atoms with Gasteiger partial charge in [0.15, 0.2) is 0 Å². The molecule has 0 fully saturated rings. The zero-order chi connectivity index (χ0) is 12.1. The van der Waals surface area contributed by atoms with E-state index in [1.807, 2.05) is 13.0 Å². The minimum Gasteiger partial charge on any atom is -0.350 e. The van der Waals surface area contributed by atoms with Crippen molar-refractivity contribution in [3.05, 3.63) is 32.4 Å². The average Bonchev–Trinajstić information content (AvgIpc) is 2.22. The SMILES string of the molecule is CCCC(C)NC(=O)c1ccc(I)c(Cl)c1. The van der Waals surface area contributed by atoms with E-state index in [2.05, 4.69) is 34.8 Å². The molecular weight excluding hydrogens is 336 g/mol. The minimum atomic E-state index is -0.0562. The number of benzene rings is 1. The minimum absolute atomic E-state index is 0.0562. The van der Waals surface area contributed by atoms with Crippen molar-refractivity contribution in [3.8, 4) is 0 Å². The van der Waals surface area contributed by atoms with Crippen LogP contribution in [0.1, 0.15) is 37.0 Å². The predicted octanol–water partition coefficient (Wildman–Crippen LogP) is 3.86. The summed E-state index contributed by atoms with van der Waals surface area (Å²) in [4.78, 5) is 11.8. The van der Waals surface area contributed by atoms with Crippen LogP contribution in [-0.4, -0.2) is 11.9 Å². The smallest absolute Gasteiger partial charge is 0.251 e. The maximum absolute atomic E-state index is 11.8. The molecule has 1 rings (SSSR count). The second kappa shape index (κ2) is 6.45. The van der Waals surface area contributed by atoms with Crippen LogP contribution in [0.5, 0.6) is 0 Å². The molecule has 0 bridgehead atoms. The highest BCUT2D eigenvalue weighted by atomic mass is 127. The van der Waals surface area contributed by atoms with Crippen molar-refractivity contribution in [2.24, 2.45) is 0 Å². The van der Waals surface area contributed by atoms with Crippen LogP contribution in [0.15, 0.2) is 18.2 Å². The Balaban J connectivity index is 2.69. The van der Waals surface area contributed by atoms with Gasteiger partial charge < -0.3 is 5.32 Å². The third-order valence-corrected chi connectivity index (χ3v) is 3.85. The van der Waals surface area contributed by atoms with Crippen LogP contribution in [0.2, 0.25) is 5.02 Å². The second-order valence-corrected chi connectivity index (χ2v) is 5.36. The molecule has 0 spiro atoms. The van der Waals surface area contributed by atoms with Gasteiger partial charge in [-0.3, -0.25) is 4.79 Å². The van der Waals surface area contributed by atoms with Crippen LogP contribution >= 0.6 is 34.2 Å². The van der Waals surface area contributed by atoms with Crippen molar-refractivity contribution in [1.29, 1.82) is 0 Å². The van der Waals surface area contributed by atoms with Crippen LogP contribution in [0.25, 0.3) is 0 Å². The van der Waals surface area contributed by atoms with E-state index in [1.54, 1.807) is 12.1 Å². The highest BCUT2D eigenvalue weighted by Crippen LogP contribution is 2.19.